The summed E-state index contributed by atoms with van der Waals surface area (Å²) in [6.45, 7) is 8.14. The van der Waals surface area contributed by atoms with Crippen molar-refractivity contribution < 1.29 is 14.6 Å². The molecule has 2 aliphatic carbocycles. The summed E-state index contributed by atoms with van der Waals surface area (Å²) in [5, 5.41) is 25.9. The van der Waals surface area contributed by atoms with Gasteiger partial charge in [0, 0.05) is 43.0 Å². The number of hydrogen-bond donors (Lipinski definition) is 4. The minimum atomic E-state index is -0.873. The molecule has 4 N–H and O–H groups in total. The van der Waals surface area contributed by atoms with Crippen molar-refractivity contribution in [2.45, 2.75) is 77.0 Å². The van der Waals surface area contributed by atoms with Crippen LogP contribution in [0.4, 0.5) is 11.6 Å². The van der Waals surface area contributed by atoms with Gasteiger partial charge in [0.1, 0.15) is 11.6 Å². The van der Waals surface area contributed by atoms with E-state index in [1.807, 2.05) is 55.7 Å². The Morgan fingerprint density at radius 3 is 2.59 bits per heavy atom. The maximum atomic E-state index is 12.7. The fourth-order valence-electron chi connectivity index (χ4n) is 5.60. The molecular weight excluding hydrogens is 492 g/mol. The van der Waals surface area contributed by atoms with Gasteiger partial charge in [0.25, 0.3) is 5.91 Å². The Morgan fingerprint density at radius 1 is 1.15 bits per heavy atom. The summed E-state index contributed by atoms with van der Waals surface area (Å²) in [5.74, 6) is 2.55. The van der Waals surface area contributed by atoms with Crippen LogP contribution in [0.3, 0.4) is 0 Å². The highest BCUT2D eigenvalue weighted by Crippen LogP contribution is 2.39. The molecule has 208 valence electrons. The fourth-order valence-corrected chi connectivity index (χ4v) is 5.60. The summed E-state index contributed by atoms with van der Waals surface area (Å²) in [4.78, 5) is 17.7. The summed E-state index contributed by atoms with van der Waals surface area (Å²) in [5.41, 5.74) is 3.35. The first kappa shape index (κ1) is 26.1. The standard InChI is InChI=1S/C30H40N6O3/c1-18-14-21(6-9-23(18)29(37)33-22-7-8-22)24-17-32-36-26(31-16-19-10-12-39-13-11-19)15-25(35-28(24)36)34-27(20-4-5-20)30(2,3)38/h6,9,14-15,17,19-20,22,27,31,38H,4-5,7-8,10-13,16H2,1-3H3,(H,33,37)(H,34,35)/t27-/m0/s1. The van der Waals surface area contributed by atoms with Gasteiger partial charge in [0.2, 0.25) is 0 Å². The number of rotatable bonds is 10. The molecule has 3 heterocycles. The predicted molar refractivity (Wildman–Crippen MR) is 152 cm³/mol. The largest absolute Gasteiger partial charge is 0.388 e. The third kappa shape index (κ3) is 5.89. The van der Waals surface area contributed by atoms with E-state index in [0.717, 1.165) is 92.3 Å². The van der Waals surface area contributed by atoms with Gasteiger partial charge in [-0.2, -0.15) is 9.61 Å². The molecule has 9 nitrogen and oxygen atoms in total. The maximum absolute atomic E-state index is 12.7. The predicted octanol–water partition coefficient (Wildman–Crippen LogP) is 4.40. The summed E-state index contributed by atoms with van der Waals surface area (Å²) >= 11 is 0. The molecule has 39 heavy (non-hydrogen) atoms. The van der Waals surface area contributed by atoms with Gasteiger partial charge in [0.15, 0.2) is 5.65 Å². The van der Waals surface area contributed by atoms with Crippen LogP contribution in [0.15, 0.2) is 30.5 Å². The normalized spacial score (nSPS) is 19.2. The molecule has 1 atom stereocenters. The molecule has 0 spiro atoms. The zero-order valence-electron chi connectivity index (χ0n) is 23.2. The number of amides is 1. The van der Waals surface area contributed by atoms with E-state index in [1.54, 1.807) is 0 Å². The lowest BCUT2D eigenvalue weighted by Gasteiger charge is -2.31. The third-order valence-corrected chi connectivity index (χ3v) is 8.24. The van der Waals surface area contributed by atoms with Crippen LogP contribution in [-0.4, -0.2) is 63.1 Å². The number of hydrogen-bond acceptors (Lipinski definition) is 7. The number of anilines is 2. The number of ether oxygens (including phenoxy) is 1. The van der Waals surface area contributed by atoms with E-state index in [4.69, 9.17) is 14.8 Å². The van der Waals surface area contributed by atoms with E-state index in [-0.39, 0.29) is 11.9 Å². The molecule has 0 radical (unpaired) electrons. The van der Waals surface area contributed by atoms with Crippen LogP contribution in [0, 0.1) is 18.8 Å². The van der Waals surface area contributed by atoms with Crippen molar-refractivity contribution in [1.82, 2.24) is 19.9 Å². The van der Waals surface area contributed by atoms with Crippen molar-refractivity contribution >= 4 is 23.2 Å². The molecule has 3 aliphatic rings. The first-order valence-electron chi connectivity index (χ1n) is 14.4. The summed E-state index contributed by atoms with van der Waals surface area (Å²) < 4.78 is 7.40. The van der Waals surface area contributed by atoms with E-state index in [2.05, 4.69) is 16.0 Å². The molecule has 2 saturated carbocycles. The van der Waals surface area contributed by atoms with Gasteiger partial charge in [-0.25, -0.2) is 4.98 Å². The Kier molecular flexibility index (Phi) is 6.97. The van der Waals surface area contributed by atoms with Crippen LogP contribution < -0.4 is 16.0 Å². The summed E-state index contributed by atoms with van der Waals surface area (Å²) in [6.07, 6.45) is 8.27. The number of carbonyl (C=O) groups excluding carboxylic acids is 1. The number of aliphatic hydroxyl groups is 1. The van der Waals surface area contributed by atoms with Crippen molar-refractivity contribution in [3.05, 3.63) is 41.6 Å². The minimum absolute atomic E-state index is 0.0108. The minimum Gasteiger partial charge on any atom is -0.388 e. The maximum Gasteiger partial charge on any atom is 0.251 e. The molecule has 3 aromatic rings. The van der Waals surface area contributed by atoms with Gasteiger partial charge in [-0.1, -0.05) is 12.1 Å². The molecule has 1 aliphatic heterocycles. The van der Waals surface area contributed by atoms with Crippen molar-refractivity contribution in [3.8, 4) is 11.1 Å². The fraction of sp³-hybridized carbons (Fsp3) is 0.567. The Hall–Kier alpha value is -3.17. The van der Waals surface area contributed by atoms with Crippen LogP contribution >= 0.6 is 0 Å². The molecule has 1 aromatic carbocycles. The number of fused-ring (bicyclic) bond motifs is 1. The average molecular weight is 533 g/mol. The van der Waals surface area contributed by atoms with E-state index in [1.165, 1.54) is 0 Å². The lowest BCUT2D eigenvalue weighted by Crippen LogP contribution is -2.43. The number of aromatic nitrogens is 3. The number of nitrogens with zero attached hydrogens (tertiary/aromatic N) is 3. The highest BCUT2D eigenvalue weighted by Gasteiger charge is 2.40. The van der Waals surface area contributed by atoms with Crippen LogP contribution in [0.5, 0.6) is 0 Å². The molecule has 3 fully saturated rings. The number of carbonyl (C=O) groups is 1. The van der Waals surface area contributed by atoms with Crippen molar-refractivity contribution in [2.24, 2.45) is 11.8 Å². The van der Waals surface area contributed by atoms with Gasteiger partial charge in [-0.05, 0) is 88.3 Å². The number of benzene rings is 1. The van der Waals surface area contributed by atoms with Crippen LogP contribution in [-0.2, 0) is 4.74 Å². The Labute approximate surface area is 229 Å². The first-order chi connectivity index (χ1) is 18.8. The lowest BCUT2D eigenvalue weighted by atomic mass is 9.94. The average Bonchev–Trinajstić information content (AvgIpc) is 3.84. The Bertz CT molecular complexity index is 1350. The molecule has 9 heteroatoms. The quantitative estimate of drug-likeness (QED) is 0.306. The molecule has 1 saturated heterocycles. The highest BCUT2D eigenvalue weighted by molar-refractivity contribution is 5.97. The second-order valence-corrected chi connectivity index (χ2v) is 12.1. The number of aryl methyl sites for hydroxylation is 1. The molecular formula is C30H40N6O3. The van der Waals surface area contributed by atoms with E-state index in [9.17, 15) is 9.90 Å². The summed E-state index contributed by atoms with van der Waals surface area (Å²) in [6, 6.07) is 8.15. The third-order valence-electron chi connectivity index (χ3n) is 8.24. The SMILES string of the molecule is Cc1cc(-c2cnn3c(NCC4CCOCC4)cc(N[C@@H](C4CC4)C(C)(C)O)nc23)ccc1C(=O)NC1CC1. The van der Waals surface area contributed by atoms with Gasteiger partial charge < -0.3 is 25.8 Å². The van der Waals surface area contributed by atoms with E-state index >= 15 is 0 Å². The smallest absolute Gasteiger partial charge is 0.251 e. The molecule has 1 amide bonds. The second-order valence-electron chi connectivity index (χ2n) is 12.1. The van der Waals surface area contributed by atoms with Gasteiger partial charge in [0.05, 0.1) is 17.8 Å². The Balaban J connectivity index is 1.34. The van der Waals surface area contributed by atoms with Gasteiger partial charge in [-0.15, -0.1) is 0 Å². The van der Waals surface area contributed by atoms with Crippen molar-refractivity contribution in [3.63, 3.8) is 0 Å². The molecule has 6 rings (SSSR count). The summed E-state index contributed by atoms with van der Waals surface area (Å²) in [7, 11) is 0. The van der Waals surface area contributed by atoms with Crippen LogP contribution in [0.25, 0.3) is 16.8 Å². The zero-order chi connectivity index (χ0) is 27.1. The monoisotopic (exact) mass is 532 g/mol. The molecule has 0 unspecified atom stereocenters. The molecule has 0 bridgehead atoms. The number of nitrogens with one attached hydrogen (secondary N) is 3. The topological polar surface area (TPSA) is 113 Å². The van der Waals surface area contributed by atoms with Crippen molar-refractivity contribution in [1.29, 1.82) is 0 Å². The van der Waals surface area contributed by atoms with E-state index in [0.29, 0.717) is 23.4 Å². The van der Waals surface area contributed by atoms with Crippen LogP contribution in [0.2, 0.25) is 0 Å². The van der Waals surface area contributed by atoms with E-state index < -0.39 is 5.60 Å². The van der Waals surface area contributed by atoms with Crippen LogP contribution in [0.1, 0.15) is 68.3 Å². The van der Waals surface area contributed by atoms with Gasteiger partial charge in [-0.3, -0.25) is 4.79 Å². The highest BCUT2D eigenvalue weighted by atomic mass is 16.5. The lowest BCUT2D eigenvalue weighted by molar-refractivity contribution is 0.0519. The first-order valence-corrected chi connectivity index (χ1v) is 14.4. The van der Waals surface area contributed by atoms with Gasteiger partial charge >= 0.3 is 0 Å². The Morgan fingerprint density at radius 2 is 1.92 bits per heavy atom. The van der Waals surface area contributed by atoms with Crippen molar-refractivity contribution in [2.75, 3.05) is 30.4 Å². The second kappa shape index (κ2) is 10.4. The molecule has 2 aromatic heterocycles. The zero-order valence-corrected chi connectivity index (χ0v) is 23.2.